The van der Waals surface area contributed by atoms with Crippen LogP contribution in [0.1, 0.15) is 7.43 Å². The number of aromatic nitrogens is 1. The van der Waals surface area contributed by atoms with Gasteiger partial charge in [0.2, 0.25) is 0 Å². The lowest BCUT2D eigenvalue weighted by molar-refractivity contribution is 1.50. The highest BCUT2D eigenvalue weighted by Gasteiger charge is 1.89. The van der Waals surface area contributed by atoms with Crippen LogP contribution in [0.4, 0.5) is 0 Å². The number of hydrogen-bond donors (Lipinski definition) is 0. The van der Waals surface area contributed by atoms with E-state index in [-0.39, 0.29) is 20.9 Å². The molecule has 0 N–H and O–H groups in total. The van der Waals surface area contributed by atoms with E-state index in [0.29, 0.717) is 0 Å². The molecule has 11 heavy (non-hydrogen) atoms. The van der Waals surface area contributed by atoms with Gasteiger partial charge in [0.1, 0.15) is 0 Å². The second kappa shape index (κ2) is 4.36. The fourth-order valence-corrected chi connectivity index (χ4v) is 1.48. The Labute approximate surface area is 77.5 Å². The number of fused-ring (bicyclic) bond motifs is 1. The van der Waals surface area contributed by atoms with Gasteiger partial charge in [0.05, 0.1) is 15.7 Å². The first-order chi connectivity index (χ1) is 4.47. The fraction of sp³-hybridized carbons (Fsp3) is 0.125. The minimum Gasteiger partial charge on any atom is -0.245 e. The SMILES string of the molecule is C.S.c1ccc2scnc2c1. The largest absolute Gasteiger partial charge is 0.245 e. The van der Waals surface area contributed by atoms with Gasteiger partial charge < -0.3 is 0 Å². The van der Waals surface area contributed by atoms with Gasteiger partial charge in [-0.2, -0.15) is 13.5 Å². The van der Waals surface area contributed by atoms with E-state index >= 15 is 0 Å². The maximum Gasteiger partial charge on any atom is 0.0812 e. The van der Waals surface area contributed by atoms with Crippen LogP contribution >= 0.6 is 24.8 Å². The molecule has 60 valence electrons. The van der Waals surface area contributed by atoms with Gasteiger partial charge in [-0.25, -0.2) is 4.98 Å². The van der Waals surface area contributed by atoms with Gasteiger partial charge in [-0.05, 0) is 12.1 Å². The first kappa shape index (κ1) is 10.5. The van der Waals surface area contributed by atoms with Crippen LogP contribution in [0, 0.1) is 0 Å². The van der Waals surface area contributed by atoms with Crippen molar-refractivity contribution in [2.45, 2.75) is 7.43 Å². The monoisotopic (exact) mass is 185 g/mol. The second-order valence-electron chi connectivity index (χ2n) is 1.82. The predicted octanol–water partition coefficient (Wildman–Crippen LogP) is 3.05. The normalized spacial score (nSPS) is 8.36. The molecule has 0 aliphatic carbocycles. The molecule has 0 aliphatic heterocycles. The number of benzene rings is 1. The zero-order valence-electron chi connectivity index (χ0n) is 5.24. The molecule has 0 fully saturated rings. The van der Waals surface area contributed by atoms with Crippen LogP contribution in [-0.4, -0.2) is 4.98 Å². The van der Waals surface area contributed by atoms with Crippen molar-refractivity contribution in [1.29, 1.82) is 0 Å². The summed E-state index contributed by atoms with van der Waals surface area (Å²) in [4.78, 5) is 4.14. The summed E-state index contributed by atoms with van der Waals surface area (Å²) in [5.41, 5.74) is 2.97. The maximum atomic E-state index is 4.14. The number of para-hydroxylation sites is 1. The van der Waals surface area contributed by atoms with Gasteiger partial charge in [0.25, 0.3) is 0 Å². The lowest BCUT2D eigenvalue weighted by Gasteiger charge is -1.80. The molecule has 0 aliphatic rings. The number of nitrogens with zero attached hydrogens (tertiary/aromatic N) is 1. The minimum atomic E-state index is 0. The van der Waals surface area contributed by atoms with Gasteiger partial charge in [-0.1, -0.05) is 19.6 Å². The predicted molar refractivity (Wildman–Crippen MR) is 56.7 cm³/mol. The molecule has 3 heteroatoms. The molecule has 0 unspecified atom stereocenters. The third-order valence-electron chi connectivity index (χ3n) is 1.24. The molecule has 0 saturated heterocycles. The van der Waals surface area contributed by atoms with Crippen LogP contribution in [0.15, 0.2) is 29.8 Å². The van der Waals surface area contributed by atoms with E-state index in [4.69, 9.17) is 0 Å². The molecule has 1 aromatic carbocycles. The van der Waals surface area contributed by atoms with Gasteiger partial charge >= 0.3 is 0 Å². The first-order valence-corrected chi connectivity index (χ1v) is 3.63. The summed E-state index contributed by atoms with van der Waals surface area (Å²) in [7, 11) is 0. The quantitative estimate of drug-likeness (QED) is 0.614. The molecule has 0 bridgehead atoms. The number of rotatable bonds is 0. The van der Waals surface area contributed by atoms with Crippen molar-refractivity contribution >= 4 is 35.0 Å². The Morgan fingerprint density at radius 3 is 2.64 bits per heavy atom. The van der Waals surface area contributed by atoms with Crippen molar-refractivity contribution in [3.63, 3.8) is 0 Å². The maximum absolute atomic E-state index is 4.14. The molecule has 1 heterocycles. The lowest BCUT2D eigenvalue weighted by atomic mass is 10.3. The average molecular weight is 185 g/mol. The molecule has 0 amide bonds. The van der Waals surface area contributed by atoms with E-state index in [9.17, 15) is 0 Å². The summed E-state index contributed by atoms with van der Waals surface area (Å²) in [6, 6.07) is 8.13. The summed E-state index contributed by atoms with van der Waals surface area (Å²) >= 11 is 1.68. The van der Waals surface area contributed by atoms with Gasteiger partial charge in [-0.3, -0.25) is 0 Å². The van der Waals surface area contributed by atoms with E-state index in [2.05, 4.69) is 11.1 Å². The highest BCUT2D eigenvalue weighted by Crippen LogP contribution is 2.15. The molecular weight excluding hydrogens is 174 g/mol. The highest BCUT2D eigenvalue weighted by molar-refractivity contribution is 7.59. The fourth-order valence-electron chi connectivity index (χ4n) is 0.803. The van der Waals surface area contributed by atoms with E-state index in [0.717, 1.165) is 5.52 Å². The van der Waals surface area contributed by atoms with Crippen LogP contribution in [0.2, 0.25) is 0 Å². The van der Waals surface area contributed by atoms with E-state index in [1.807, 2.05) is 23.7 Å². The average Bonchev–Trinajstić information content (AvgIpc) is 2.33. The molecule has 0 radical (unpaired) electrons. The van der Waals surface area contributed by atoms with Crippen molar-refractivity contribution in [3.8, 4) is 0 Å². The van der Waals surface area contributed by atoms with E-state index < -0.39 is 0 Å². The van der Waals surface area contributed by atoms with Crippen LogP contribution in [-0.2, 0) is 0 Å². The first-order valence-electron chi connectivity index (χ1n) is 2.75. The Balaban J connectivity index is 0.000000500. The Hall–Kier alpha value is -0.540. The molecule has 0 atom stereocenters. The molecule has 0 saturated carbocycles. The molecule has 2 aromatic rings. The molecular formula is C8H11NS2. The molecule has 2 rings (SSSR count). The summed E-state index contributed by atoms with van der Waals surface area (Å²) < 4.78 is 1.26. The number of thiazole rings is 1. The topological polar surface area (TPSA) is 12.9 Å². The van der Waals surface area contributed by atoms with E-state index in [1.54, 1.807) is 11.3 Å². The third-order valence-corrected chi connectivity index (χ3v) is 2.05. The van der Waals surface area contributed by atoms with Gasteiger partial charge in [0, 0.05) is 0 Å². The Bertz CT molecular complexity index is 286. The standard InChI is InChI=1S/C7H5NS.CH4.H2S/c1-2-4-7-6(3-1)8-5-9-7;;/h1-5H;1H4;1H2. The third kappa shape index (κ3) is 1.94. The zero-order chi connectivity index (χ0) is 6.10. The van der Waals surface area contributed by atoms with Crippen LogP contribution < -0.4 is 0 Å². The summed E-state index contributed by atoms with van der Waals surface area (Å²) in [6.07, 6.45) is 0. The van der Waals surface area contributed by atoms with Crippen LogP contribution in [0.5, 0.6) is 0 Å². The van der Waals surface area contributed by atoms with Crippen molar-refractivity contribution < 1.29 is 0 Å². The van der Waals surface area contributed by atoms with E-state index in [1.165, 1.54) is 4.70 Å². The van der Waals surface area contributed by atoms with Gasteiger partial charge in [-0.15, -0.1) is 11.3 Å². The van der Waals surface area contributed by atoms with Gasteiger partial charge in [0.15, 0.2) is 0 Å². The lowest BCUT2D eigenvalue weighted by Crippen LogP contribution is -1.61. The highest BCUT2D eigenvalue weighted by atomic mass is 32.1. The van der Waals surface area contributed by atoms with Crippen molar-refractivity contribution in [1.82, 2.24) is 4.98 Å². The summed E-state index contributed by atoms with van der Waals surface area (Å²) in [6.45, 7) is 0. The van der Waals surface area contributed by atoms with Crippen LogP contribution in [0.3, 0.4) is 0 Å². The molecule has 1 aromatic heterocycles. The zero-order valence-corrected chi connectivity index (χ0v) is 7.06. The summed E-state index contributed by atoms with van der Waals surface area (Å²) in [5.74, 6) is 0. The van der Waals surface area contributed by atoms with Crippen molar-refractivity contribution in [3.05, 3.63) is 29.8 Å². The van der Waals surface area contributed by atoms with Crippen LogP contribution in [0.25, 0.3) is 10.2 Å². The molecule has 1 nitrogen and oxygen atoms in total. The summed E-state index contributed by atoms with van der Waals surface area (Å²) in [5, 5.41) is 0. The second-order valence-corrected chi connectivity index (χ2v) is 2.71. The Morgan fingerprint density at radius 1 is 1.18 bits per heavy atom. The minimum absolute atomic E-state index is 0. The Kier molecular flexibility index (Phi) is 4.15. The smallest absolute Gasteiger partial charge is 0.0812 e. The van der Waals surface area contributed by atoms with Crippen molar-refractivity contribution in [2.75, 3.05) is 0 Å². The number of hydrogen-bond acceptors (Lipinski definition) is 2. The van der Waals surface area contributed by atoms with Crippen molar-refractivity contribution in [2.24, 2.45) is 0 Å². The molecule has 0 spiro atoms. The Morgan fingerprint density at radius 2 is 1.91 bits per heavy atom.